The van der Waals surface area contributed by atoms with Crippen molar-refractivity contribution in [2.75, 3.05) is 37.0 Å². The molecule has 1 saturated heterocycles. The molecule has 3 rings (SSSR count). The summed E-state index contributed by atoms with van der Waals surface area (Å²) in [6.07, 6.45) is 0. The van der Waals surface area contributed by atoms with Crippen molar-refractivity contribution in [2.24, 2.45) is 0 Å². The number of carbonyl (C=O) groups is 3. The van der Waals surface area contributed by atoms with Crippen LogP contribution in [0.25, 0.3) is 0 Å². The topological polar surface area (TPSA) is 79.0 Å². The number of hydrogen-bond acceptors (Lipinski definition) is 4. The number of hydrogen-bond donors (Lipinski definition) is 1. The molecule has 7 nitrogen and oxygen atoms in total. The van der Waals surface area contributed by atoms with Crippen molar-refractivity contribution >= 4 is 40.7 Å². The zero-order valence-corrected chi connectivity index (χ0v) is 17.2. The predicted molar refractivity (Wildman–Crippen MR) is 111 cm³/mol. The summed E-state index contributed by atoms with van der Waals surface area (Å²) >= 11 is 6.05. The Labute approximate surface area is 174 Å². The summed E-state index contributed by atoms with van der Waals surface area (Å²) in [5.74, 6) is -1.24. The van der Waals surface area contributed by atoms with Gasteiger partial charge in [0, 0.05) is 24.5 Å². The molecule has 1 aliphatic heterocycles. The number of carbonyl (C=O) groups excluding carboxylic acids is 3. The van der Waals surface area contributed by atoms with Crippen molar-refractivity contribution in [2.45, 2.75) is 13.8 Å². The van der Waals surface area contributed by atoms with Gasteiger partial charge in [-0.15, -0.1) is 0 Å². The van der Waals surface area contributed by atoms with E-state index in [0.29, 0.717) is 23.0 Å². The first-order valence-corrected chi connectivity index (χ1v) is 9.49. The Balaban J connectivity index is 1.65. The normalized spacial score (nSPS) is 14.2. The summed E-state index contributed by atoms with van der Waals surface area (Å²) in [6, 6.07) is 10.6. The van der Waals surface area contributed by atoms with E-state index in [-0.39, 0.29) is 13.1 Å². The van der Waals surface area contributed by atoms with Gasteiger partial charge in [0.2, 0.25) is 5.91 Å². The SMILES string of the molecule is COc1ccc(NC(=O)CN2CCN(c3cc(C)ccc3C)C(=O)C2=O)cc1Cl. The van der Waals surface area contributed by atoms with Crippen molar-refractivity contribution in [3.8, 4) is 5.75 Å². The van der Waals surface area contributed by atoms with Crippen LogP contribution in [-0.4, -0.2) is 49.4 Å². The second-order valence-corrected chi connectivity index (χ2v) is 7.28. The number of methoxy groups -OCH3 is 1. The number of amides is 3. The van der Waals surface area contributed by atoms with Gasteiger partial charge in [-0.1, -0.05) is 23.7 Å². The molecule has 152 valence electrons. The molecule has 0 bridgehead atoms. The Bertz CT molecular complexity index is 976. The molecule has 1 N–H and O–H groups in total. The lowest BCUT2D eigenvalue weighted by Gasteiger charge is -2.34. The van der Waals surface area contributed by atoms with Gasteiger partial charge in [-0.3, -0.25) is 14.4 Å². The first-order chi connectivity index (χ1) is 13.8. The highest BCUT2D eigenvalue weighted by Crippen LogP contribution is 2.27. The summed E-state index contributed by atoms with van der Waals surface area (Å²) in [4.78, 5) is 40.2. The Morgan fingerprint density at radius 1 is 1.10 bits per heavy atom. The first kappa shape index (κ1) is 20.7. The molecule has 0 unspecified atom stereocenters. The maximum Gasteiger partial charge on any atom is 0.316 e. The molecular weight excluding hydrogens is 394 g/mol. The third-order valence-corrected chi connectivity index (χ3v) is 5.03. The van der Waals surface area contributed by atoms with Crippen molar-refractivity contribution in [3.63, 3.8) is 0 Å². The van der Waals surface area contributed by atoms with Crippen LogP contribution in [0.15, 0.2) is 36.4 Å². The van der Waals surface area contributed by atoms with E-state index >= 15 is 0 Å². The van der Waals surface area contributed by atoms with E-state index in [1.54, 1.807) is 18.2 Å². The van der Waals surface area contributed by atoms with Crippen LogP contribution in [0, 0.1) is 13.8 Å². The number of piperazine rings is 1. The number of nitrogens with zero attached hydrogens (tertiary/aromatic N) is 2. The molecule has 0 aliphatic carbocycles. The number of nitrogens with one attached hydrogen (secondary N) is 1. The Hall–Kier alpha value is -3.06. The van der Waals surface area contributed by atoms with Gasteiger partial charge in [-0.05, 0) is 49.2 Å². The Morgan fingerprint density at radius 3 is 2.55 bits per heavy atom. The van der Waals surface area contributed by atoms with Gasteiger partial charge in [0.05, 0.1) is 12.1 Å². The van der Waals surface area contributed by atoms with Crippen LogP contribution in [0.5, 0.6) is 5.75 Å². The van der Waals surface area contributed by atoms with Gasteiger partial charge in [0.1, 0.15) is 12.3 Å². The number of anilines is 2. The van der Waals surface area contributed by atoms with Crippen LogP contribution in [0.3, 0.4) is 0 Å². The van der Waals surface area contributed by atoms with Crippen molar-refractivity contribution in [3.05, 3.63) is 52.5 Å². The van der Waals surface area contributed by atoms with Gasteiger partial charge in [0.25, 0.3) is 0 Å². The van der Waals surface area contributed by atoms with Gasteiger partial charge in [-0.2, -0.15) is 0 Å². The van der Waals surface area contributed by atoms with Gasteiger partial charge in [0.15, 0.2) is 0 Å². The van der Waals surface area contributed by atoms with Gasteiger partial charge >= 0.3 is 11.8 Å². The Kier molecular flexibility index (Phi) is 6.08. The molecule has 0 aromatic heterocycles. The monoisotopic (exact) mass is 415 g/mol. The first-order valence-electron chi connectivity index (χ1n) is 9.11. The minimum atomic E-state index is -0.694. The highest BCUT2D eigenvalue weighted by molar-refractivity contribution is 6.41. The standard InChI is InChI=1S/C21H22ClN3O4/c1-13-4-5-14(2)17(10-13)25-9-8-24(20(27)21(25)28)12-19(26)23-15-6-7-18(29-3)16(22)11-15/h4-7,10-11H,8-9,12H2,1-3H3,(H,23,26). The number of benzene rings is 2. The minimum absolute atomic E-state index is 0.213. The maximum absolute atomic E-state index is 12.6. The summed E-state index contributed by atoms with van der Waals surface area (Å²) in [5, 5.41) is 3.04. The van der Waals surface area contributed by atoms with Gasteiger partial charge < -0.3 is 19.9 Å². The van der Waals surface area contributed by atoms with Crippen LogP contribution < -0.4 is 15.0 Å². The molecule has 1 aliphatic rings. The highest BCUT2D eigenvalue weighted by Gasteiger charge is 2.34. The van der Waals surface area contributed by atoms with Crippen molar-refractivity contribution in [1.29, 1.82) is 0 Å². The molecule has 29 heavy (non-hydrogen) atoms. The van der Waals surface area contributed by atoms with E-state index in [1.165, 1.54) is 16.9 Å². The molecule has 0 spiro atoms. The smallest absolute Gasteiger partial charge is 0.316 e. The molecule has 2 aromatic carbocycles. The zero-order valence-electron chi connectivity index (χ0n) is 16.5. The minimum Gasteiger partial charge on any atom is -0.495 e. The van der Waals surface area contributed by atoms with E-state index in [9.17, 15) is 14.4 Å². The van der Waals surface area contributed by atoms with E-state index in [2.05, 4.69) is 5.32 Å². The molecule has 8 heteroatoms. The molecule has 2 aromatic rings. The lowest BCUT2D eigenvalue weighted by molar-refractivity contribution is -0.147. The second-order valence-electron chi connectivity index (χ2n) is 6.87. The molecule has 0 atom stereocenters. The quantitative estimate of drug-likeness (QED) is 0.761. The van der Waals surface area contributed by atoms with Crippen LogP contribution in [-0.2, 0) is 14.4 Å². The fraction of sp³-hybridized carbons (Fsp3) is 0.286. The Morgan fingerprint density at radius 2 is 1.86 bits per heavy atom. The van der Waals surface area contributed by atoms with E-state index in [1.807, 2.05) is 32.0 Å². The predicted octanol–water partition coefficient (Wildman–Crippen LogP) is 2.78. The fourth-order valence-electron chi connectivity index (χ4n) is 3.18. The third kappa shape index (κ3) is 4.51. The molecule has 1 heterocycles. The number of rotatable bonds is 5. The zero-order chi connectivity index (χ0) is 21.1. The lowest BCUT2D eigenvalue weighted by Crippen LogP contribution is -2.56. The molecule has 0 radical (unpaired) electrons. The lowest BCUT2D eigenvalue weighted by atomic mass is 10.1. The molecule has 3 amide bonds. The van der Waals surface area contributed by atoms with Crippen molar-refractivity contribution in [1.82, 2.24) is 4.90 Å². The second kappa shape index (κ2) is 8.53. The highest BCUT2D eigenvalue weighted by atomic mass is 35.5. The van der Waals surface area contributed by atoms with E-state index < -0.39 is 17.7 Å². The van der Waals surface area contributed by atoms with Crippen LogP contribution >= 0.6 is 11.6 Å². The molecule has 0 saturated carbocycles. The summed E-state index contributed by atoms with van der Waals surface area (Å²) in [7, 11) is 1.50. The summed E-state index contributed by atoms with van der Waals surface area (Å²) < 4.78 is 5.07. The maximum atomic E-state index is 12.6. The van der Waals surface area contributed by atoms with Crippen molar-refractivity contribution < 1.29 is 19.1 Å². The summed E-state index contributed by atoms with van der Waals surface area (Å²) in [5.41, 5.74) is 3.12. The number of aryl methyl sites for hydroxylation is 2. The van der Waals surface area contributed by atoms with E-state index in [0.717, 1.165) is 16.8 Å². The molecular formula is C21H22ClN3O4. The summed E-state index contributed by atoms with van der Waals surface area (Å²) in [6.45, 7) is 4.22. The fourth-order valence-corrected chi connectivity index (χ4v) is 3.44. The van der Waals surface area contributed by atoms with Crippen LogP contribution in [0.4, 0.5) is 11.4 Å². The van der Waals surface area contributed by atoms with Crippen LogP contribution in [0.2, 0.25) is 5.02 Å². The largest absolute Gasteiger partial charge is 0.495 e. The molecule has 1 fully saturated rings. The third-order valence-electron chi connectivity index (χ3n) is 4.73. The number of halogens is 1. The van der Waals surface area contributed by atoms with Crippen LogP contribution in [0.1, 0.15) is 11.1 Å². The van der Waals surface area contributed by atoms with Gasteiger partial charge in [-0.25, -0.2) is 0 Å². The number of ether oxygens (including phenoxy) is 1. The van der Waals surface area contributed by atoms with E-state index in [4.69, 9.17) is 16.3 Å². The average Bonchev–Trinajstić information content (AvgIpc) is 2.68. The average molecular weight is 416 g/mol.